The van der Waals surface area contributed by atoms with Gasteiger partial charge in [0.15, 0.2) is 4.32 Å². The fourth-order valence-electron chi connectivity index (χ4n) is 2.78. The summed E-state index contributed by atoms with van der Waals surface area (Å²) >= 11 is 6.64. The first-order valence-electron chi connectivity index (χ1n) is 8.09. The van der Waals surface area contributed by atoms with E-state index in [0.29, 0.717) is 20.7 Å². The van der Waals surface area contributed by atoms with Gasteiger partial charge in [0.2, 0.25) is 0 Å². The number of amides is 1. The molecule has 27 heavy (non-hydrogen) atoms. The summed E-state index contributed by atoms with van der Waals surface area (Å²) in [5, 5.41) is 9.25. The number of methoxy groups -OCH3 is 1. The summed E-state index contributed by atoms with van der Waals surface area (Å²) in [6, 6.07) is 12.1. The number of carbonyl (C=O) groups excluding carboxylic acids is 1. The zero-order chi connectivity index (χ0) is 19.7. The Kier molecular flexibility index (Phi) is 5.34. The van der Waals surface area contributed by atoms with Gasteiger partial charge in [0, 0.05) is 0 Å². The summed E-state index contributed by atoms with van der Waals surface area (Å²) in [5.41, 5.74) is 3.03. The highest BCUT2D eigenvalue weighted by atomic mass is 32.2. The van der Waals surface area contributed by atoms with Gasteiger partial charge in [-0.2, -0.15) is 0 Å². The van der Waals surface area contributed by atoms with E-state index >= 15 is 0 Å². The fourth-order valence-corrected chi connectivity index (χ4v) is 4.10. The molecule has 0 atom stereocenters. The number of aromatic carboxylic acids is 1. The number of carboxylic acids is 1. The Labute approximate surface area is 166 Å². The minimum absolute atomic E-state index is 0.109. The first kappa shape index (κ1) is 19.1. The molecule has 1 fully saturated rings. The number of aryl methyl sites for hydroxylation is 1. The van der Waals surface area contributed by atoms with E-state index in [2.05, 4.69) is 0 Å². The number of hydrogen-bond donors (Lipinski definition) is 1. The normalized spacial score (nSPS) is 15.9. The largest absolute Gasteiger partial charge is 0.497 e. The molecule has 1 aliphatic heterocycles. The van der Waals surface area contributed by atoms with Crippen molar-refractivity contribution in [2.24, 2.45) is 0 Å². The number of hydrogen-bond acceptors (Lipinski definition) is 5. The van der Waals surface area contributed by atoms with Crippen LogP contribution in [-0.4, -0.2) is 28.4 Å². The molecule has 2 aromatic carbocycles. The molecule has 0 aliphatic carbocycles. The SMILES string of the molecule is COc1cccc(/C(C)=C2\SC(=S)N(c3cc(C(=O)O)ccc3C)C2=O)c1. The standard InChI is InChI=1S/C20H17NO4S2/c1-11-7-8-14(19(23)24)10-16(11)21-18(22)17(27-20(21)26)12(2)13-5-4-6-15(9-13)25-3/h4-10H,1-3H3,(H,23,24)/b17-12-. The maximum absolute atomic E-state index is 13.1. The van der Waals surface area contributed by atoms with Gasteiger partial charge < -0.3 is 9.84 Å². The van der Waals surface area contributed by atoms with E-state index in [-0.39, 0.29) is 11.5 Å². The molecule has 0 radical (unpaired) electrons. The molecule has 138 valence electrons. The summed E-state index contributed by atoms with van der Waals surface area (Å²) in [6.07, 6.45) is 0. The minimum atomic E-state index is -1.05. The molecular weight excluding hydrogens is 382 g/mol. The molecule has 5 nitrogen and oxygen atoms in total. The predicted octanol–water partition coefficient (Wildman–Crippen LogP) is 4.50. The van der Waals surface area contributed by atoms with E-state index in [4.69, 9.17) is 17.0 Å². The zero-order valence-electron chi connectivity index (χ0n) is 15.0. The maximum atomic E-state index is 13.1. The number of benzene rings is 2. The Morgan fingerprint density at radius 3 is 2.59 bits per heavy atom. The highest BCUT2D eigenvalue weighted by Gasteiger charge is 2.36. The van der Waals surface area contributed by atoms with Crippen LogP contribution in [0.4, 0.5) is 5.69 Å². The van der Waals surface area contributed by atoms with Crippen LogP contribution >= 0.6 is 24.0 Å². The maximum Gasteiger partial charge on any atom is 0.335 e. The van der Waals surface area contributed by atoms with Crippen LogP contribution < -0.4 is 9.64 Å². The molecular formula is C20H17NO4S2. The number of anilines is 1. The van der Waals surface area contributed by atoms with Gasteiger partial charge in [-0.1, -0.05) is 42.2 Å². The second kappa shape index (κ2) is 7.54. The topological polar surface area (TPSA) is 66.8 Å². The molecule has 1 heterocycles. The molecule has 1 saturated heterocycles. The summed E-state index contributed by atoms with van der Waals surface area (Å²) < 4.78 is 5.63. The average molecular weight is 399 g/mol. The van der Waals surface area contributed by atoms with Crippen molar-refractivity contribution in [3.05, 3.63) is 64.1 Å². The van der Waals surface area contributed by atoms with Crippen molar-refractivity contribution in [2.45, 2.75) is 13.8 Å². The van der Waals surface area contributed by atoms with Crippen LogP contribution in [0.5, 0.6) is 5.75 Å². The van der Waals surface area contributed by atoms with Gasteiger partial charge in [0.25, 0.3) is 5.91 Å². The number of allylic oxidation sites excluding steroid dienone is 1. The number of thiocarbonyl (C=S) groups is 1. The molecule has 7 heteroatoms. The van der Waals surface area contributed by atoms with Crippen molar-refractivity contribution >= 4 is 51.4 Å². The van der Waals surface area contributed by atoms with Gasteiger partial charge in [0.1, 0.15) is 5.75 Å². The number of thioether (sulfide) groups is 1. The van der Waals surface area contributed by atoms with Crippen LogP contribution in [0.2, 0.25) is 0 Å². The number of carbonyl (C=O) groups is 2. The number of ether oxygens (including phenoxy) is 1. The minimum Gasteiger partial charge on any atom is -0.497 e. The number of carboxylic acid groups (broad SMARTS) is 1. The second-order valence-corrected chi connectivity index (χ2v) is 7.65. The van der Waals surface area contributed by atoms with E-state index < -0.39 is 5.97 Å². The molecule has 1 amide bonds. The van der Waals surface area contributed by atoms with Crippen molar-refractivity contribution in [3.63, 3.8) is 0 Å². The Morgan fingerprint density at radius 2 is 1.93 bits per heavy atom. The summed E-state index contributed by atoms with van der Waals surface area (Å²) in [6.45, 7) is 3.68. The van der Waals surface area contributed by atoms with Gasteiger partial charge in [-0.15, -0.1) is 0 Å². The molecule has 3 rings (SSSR count). The molecule has 0 bridgehead atoms. The predicted molar refractivity (Wildman–Crippen MR) is 111 cm³/mol. The Bertz CT molecular complexity index is 997. The smallest absolute Gasteiger partial charge is 0.335 e. The van der Waals surface area contributed by atoms with Crippen molar-refractivity contribution in [1.82, 2.24) is 0 Å². The number of rotatable bonds is 4. The third kappa shape index (κ3) is 3.61. The van der Waals surface area contributed by atoms with Gasteiger partial charge in [-0.05, 0) is 54.8 Å². The quantitative estimate of drug-likeness (QED) is 0.603. The van der Waals surface area contributed by atoms with Crippen LogP contribution in [0.1, 0.15) is 28.4 Å². The van der Waals surface area contributed by atoms with Crippen LogP contribution in [0, 0.1) is 6.92 Å². The van der Waals surface area contributed by atoms with Crippen LogP contribution in [0.3, 0.4) is 0 Å². The Balaban J connectivity index is 2.05. The van der Waals surface area contributed by atoms with E-state index in [1.165, 1.54) is 28.8 Å². The van der Waals surface area contributed by atoms with Gasteiger partial charge in [-0.3, -0.25) is 9.69 Å². The zero-order valence-corrected chi connectivity index (χ0v) is 16.6. The molecule has 0 aromatic heterocycles. The molecule has 0 spiro atoms. The Morgan fingerprint density at radius 1 is 1.19 bits per heavy atom. The highest BCUT2D eigenvalue weighted by molar-refractivity contribution is 8.27. The summed E-state index contributed by atoms with van der Waals surface area (Å²) in [4.78, 5) is 26.3. The van der Waals surface area contributed by atoms with Crippen LogP contribution in [0.25, 0.3) is 5.57 Å². The van der Waals surface area contributed by atoms with E-state index in [0.717, 1.165) is 16.7 Å². The van der Waals surface area contributed by atoms with Crippen molar-refractivity contribution in [1.29, 1.82) is 0 Å². The first-order chi connectivity index (χ1) is 12.8. The summed E-state index contributed by atoms with van der Waals surface area (Å²) in [7, 11) is 1.59. The van der Waals surface area contributed by atoms with Crippen molar-refractivity contribution in [3.8, 4) is 5.75 Å². The second-order valence-electron chi connectivity index (χ2n) is 6.00. The summed E-state index contributed by atoms with van der Waals surface area (Å²) in [5.74, 6) is -0.604. The lowest BCUT2D eigenvalue weighted by Gasteiger charge is -2.18. The highest BCUT2D eigenvalue weighted by Crippen LogP contribution is 2.40. The van der Waals surface area contributed by atoms with E-state index in [1.54, 1.807) is 13.2 Å². The lowest BCUT2D eigenvalue weighted by atomic mass is 10.1. The lowest BCUT2D eigenvalue weighted by molar-refractivity contribution is -0.113. The number of nitrogens with zero attached hydrogens (tertiary/aromatic N) is 1. The monoisotopic (exact) mass is 399 g/mol. The van der Waals surface area contributed by atoms with Crippen LogP contribution in [-0.2, 0) is 4.79 Å². The van der Waals surface area contributed by atoms with Crippen molar-refractivity contribution in [2.75, 3.05) is 12.0 Å². The van der Waals surface area contributed by atoms with E-state index in [9.17, 15) is 14.7 Å². The van der Waals surface area contributed by atoms with Crippen LogP contribution in [0.15, 0.2) is 47.4 Å². The average Bonchev–Trinajstić information content (AvgIpc) is 2.95. The first-order valence-corrected chi connectivity index (χ1v) is 9.31. The molecule has 2 aromatic rings. The molecule has 0 saturated carbocycles. The molecule has 1 aliphatic rings. The molecule has 0 unspecified atom stereocenters. The van der Waals surface area contributed by atoms with Gasteiger partial charge >= 0.3 is 5.97 Å². The van der Waals surface area contributed by atoms with Crippen molar-refractivity contribution < 1.29 is 19.4 Å². The fraction of sp³-hybridized carbons (Fsp3) is 0.150. The third-order valence-electron chi connectivity index (χ3n) is 4.31. The Hall–Kier alpha value is -2.64. The van der Waals surface area contributed by atoms with E-state index in [1.807, 2.05) is 38.1 Å². The lowest BCUT2D eigenvalue weighted by Crippen LogP contribution is -2.28. The van der Waals surface area contributed by atoms with Gasteiger partial charge in [0.05, 0.1) is 23.3 Å². The third-order valence-corrected chi connectivity index (χ3v) is 5.78. The van der Waals surface area contributed by atoms with Gasteiger partial charge in [-0.25, -0.2) is 4.79 Å². The molecule has 1 N–H and O–H groups in total.